The Kier molecular flexibility index (Phi) is 8.06. The van der Waals surface area contributed by atoms with Crippen molar-refractivity contribution in [3.05, 3.63) is 53.1 Å². The molecule has 2 aromatic carbocycles. The first-order valence-corrected chi connectivity index (χ1v) is 10.7. The number of carbonyl (C=O) groups is 2. The molecule has 8 nitrogen and oxygen atoms in total. The molecular formula is C23H26ClN5O3. The van der Waals surface area contributed by atoms with Crippen LogP contribution in [0.25, 0.3) is 0 Å². The maximum atomic E-state index is 12.5. The van der Waals surface area contributed by atoms with E-state index >= 15 is 0 Å². The summed E-state index contributed by atoms with van der Waals surface area (Å²) in [7, 11) is 1.71. The molecule has 2 amide bonds. The summed E-state index contributed by atoms with van der Waals surface area (Å²) >= 11 is 6.01. The van der Waals surface area contributed by atoms with E-state index < -0.39 is 6.04 Å². The summed E-state index contributed by atoms with van der Waals surface area (Å²) in [6, 6.07) is 13.8. The highest BCUT2D eigenvalue weighted by molar-refractivity contribution is 6.32. The van der Waals surface area contributed by atoms with Gasteiger partial charge in [-0.1, -0.05) is 11.6 Å². The molecule has 0 radical (unpaired) electrons. The smallest absolute Gasteiger partial charge is 0.241 e. The summed E-state index contributed by atoms with van der Waals surface area (Å²) < 4.78 is 5.37. The van der Waals surface area contributed by atoms with Gasteiger partial charge in [-0.3, -0.25) is 14.5 Å². The van der Waals surface area contributed by atoms with Crippen LogP contribution in [0.3, 0.4) is 0 Å². The first kappa shape index (κ1) is 23.5. The SMILES string of the molecule is CC(C(=O)Nc1ccc(C#N)c(Cl)c1)N(C)CC(=O)Nc1ccc(N2CCOCC2)cc1. The fourth-order valence-corrected chi connectivity index (χ4v) is 3.49. The first-order chi connectivity index (χ1) is 15.4. The number of nitrogens with zero attached hydrogens (tertiary/aromatic N) is 3. The highest BCUT2D eigenvalue weighted by Crippen LogP contribution is 2.21. The van der Waals surface area contributed by atoms with Crippen molar-refractivity contribution in [2.24, 2.45) is 0 Å². The van der Waals surface area contributed by atoms with Crippen LogP contribution in [0.2, 0.25) is 5.02 Å². The molecule has 3 rings (SSSR count). The van der Waals surface area contributed by atoms with Crippen molar-refractivity contribution in [1.82, 2.24) is 4.90 Å². The van der Waals surface area contributed by atoms with E-state index in [0.29, 0.717) is 16.9 Å². The molecule has 0 aromatic heterocycles. The van der Waals surface area contributed by atoms with Gasteiger partial charge in [0, 0.05) is 30.2 Å². The lowest BCUT2D eigenvalue weighted by Crippen LogP contribution is -2.43. The number of nitriles is 1. The molecule has 1 atom stereocenters. The number of amides is 2. The van der Waals surface area contributed by atoms with E-state index in [9.17, 15) is 9.59 Å². The van der Waals surface area contributed by atoms with Crippen LogP contribution < -0.4 is 15.5 Å². The summed E-state index contributed by atoms with van der Waals surface area (Å²) in [6.07, 6.45) is 0. The van der Waals surface area contributed by atoms with Crippen molar-refractivity contribution < 1.29 is 14.3 Å². The zero-order chi connectivity index (χ0) is 23.1. The minimum absolute atomic E-state index is 0.0495. The van der Waals surface area contributed by atoms with Crippen LogP contribution in [0, 0.1) is 11.3 Å². The number of ether oxygens (including phenoxy) is 1. The summed E-state index contributed by atoms with van der Waals surface area (Å²) in [5.74, 6) is -0.497. The lowest BCUT2D eigenvalue weighted by Gasteiger charge is -2.29. The average molecular weight is 456 g/mol. The molecule has 2 aromatic rings. The molecule has 2 N–H and O–H groups in total. The van der Waals surface area contributed by atoms with Crippen LogP contribution in [0.4, 0.5) is 17.1 Å². The van der Waals surface area contributed by atoms with Gasteiger partial charge in [0.15, 0.2) is 0 Å². The highest BCUT2D eigenvalue weighted by Gasteiger charge is 2.21. The second kappa shape index (κ2) is 11.0. The number of likely N-dealkylation sites (N-methyl/N-ethyl adjacent to an activating group) is 1. The zero-order valence-electron chi connectivity index (χ0n) is 18.1. The molecule has 168 valence electrons. The predicted molar refractivity (Wildman–Crippen MR) is 125 cm³/mol. The van der Waals surface area contributed by atoms with Crippen molar-refractivity contribution in [1.29, 1.82) is 5.26 Å². The van der Waals surface area contributed by atoms with Gasteiger partial charge in [0.05, 0.1) is 36.4 Å². The fourth-order valence-electron chi connectivity index (χ4n) is 3.27. The Balaban J connectivity index is 1.50. The highest BCUT2D eigenvalue weighted by atomic mass is 35.5. The molecule has 0 spiro atoms. The molecule has 1 heterocycles. The van der Waals surface area contributed by atoms with Crippen molar-refractivity contribution in [3.63, 3.8) is 0 Å². The number of carbonyl (C=O) groups excluding carboxylic acids is 2. The number of anilines is 3. The first-order valence-electron chi connectivity index (χ1n) is 10.3. The summed E-state index contributed by atoms with van der Waals surface area (Å²) in [5.41, 5.74) is 2.62. The van der Waals surface area contributed by atoms with Crippen LogP contribution in [-0.4, -0.2) is 62.7 Å². The van der Waals surface area contributed by atoms with Gasteiger partial charge in [-0.25, -0.2) is 0 Å². The van der Waals surface area contributed by atoms with E-state index in [1.165, 1.54) is 6.07 Å². The minimum Gasteiger partial charge on any atom is -0.378 e. The van der Waals surface area contributed by atoms with Gasteiger partial charge >= 0.3 is 0 Å². The molecule has 32 heavy (non-hydrogen) atoms. The van der Waals surface area contributed by atoms with E-state index in [4.69, 9.17) is 21.6 Å². The molecule has 1 saturated heterocycles. The molecule has 1 aliphatic rings. The van der Waals surface area contributed by atoms with Crippen molar-refractivity contribution in [3.8, 4) is 6.07 Å². The Hall–Kier alpha value is -3.12. The molecule has 0 bridgehead atoms. The maximum absolute atomic E-state index is 12.5. The lowest BCUT2D eigenvalue weighted by atomic mass is 10.2. The van der Waals surface area contributed by atoms with Gasteiger partial charge in [0.2, 0.25) is 11.8 Å². The topological polar surface area (TPSA) is 97.7 Å². The Morgan fingerprint density at radius 2 is 1.81 bits per heavy atom. The van der Waals surface area contributed by atoms with E-state index in [1.54, 1.807) is 31.0 Å². The number of rotatable bonds is 7. The standard InChI is InChI=1S/C23H26ClN5O3/c1-16(23(31)27-19-4-3-17(14-25)21(24)13-19)28(2)15-22(30)26-18-5-7-20(8-6-18)29-9-11-32-12-10-29/h3-8,13,16H,9-12,15H2,1-2H3,(H,26,30)(H,27,31). The van der Waals surface area contributed by atoms with E-state index in [2.05, 4.69) is 15.5 Å². The van der Waals surface area contributed by atoms with Crippen LogP contribution in [0.1, 0.15) is 12.5 Å². The van der Waals surface area contributed by atoms with Crippen LogP contribution in [0.5, 0.6) is 0 Å². The fraction of sp³-hybridized carbons (Fsp3) is 0.348. The van der Waals surface area contributed by atoms with Crippen molar-refractivity contribution in [2.75, 3.05) is 55.4 Å². The van der Waals surface area contributed by atoms with Gasteiger partial charge < -0.3 is 20.3 Å². The Labute approximate surface area is 192 Å². The maximum Gasteiger partial charge on any atom is 0.241 e. The number of morpholine rings is 1. The quantitative estimate of drug-likeness (QED) is 0.666. The predicted octanol–water partition coefficient (Wildman–Crippen LogP) is 2.95. The monoisotopic (exact) mass is 455 g/mol. The summed E-state index contributed by atoms with van der Waals surface area (Å²) in [6.45, 7) is 4.90. The van der Waals surface area contributed by atoms with Gasteiger partial charge in [0.1, 0.15) is 6.07 Å². The molecule has 1 aliphatic heterocycles. The second-order valence-electron chi connectivity index (χ2n) is 7.58. The minimum atomic E-state index is -0.557. The zero-order valence-corrected chi connectivity index (χ0v) is 18.9. The lowest BCUT2D eigenvalue weighted by molar-refractivity contribution is -0.122. The van der Waals surface area contributed by atoms with E-state index in [1.807, 2.05) is 30.3 Å². The third kappa shape index (κ3) is 6.20. The van der Waals surface area contributed by atoms with Gasteiger partial charge in [0.25, 0.3) is 0 Å². The van der Waals surface area contributed by atoms with Crippen LogP contribution >= 0.6 is 11.6 Å². The molecule has 0 aliphatic carbocycles. The molecule has 0 saturated carbocycles. The third-order valence-electron chi connectivity index (χ3n) is 5.32. The van der Waals surface area contributed by atoms with E-state index in [0.717, 1.165) is 32.0 Å². The average Bonchev–Trinajstić information content (AvgIpc) is 2.79. The number of nitrogens with one attached hydrogen (secondary N) is 2. The Morgan fingerprint density at radius 3 is 2.44 bits per heavy atom. The molecular weight excluding hydrogens is 430 g/mol. The van der Waals surface area contributed by atoms with Gasteiger partial charge in [-0.15, -0.1) is 0 Å². The van der Waals surface area contributed by atoms with Crippen LogP contribution in [-0.2, 0) is 14.3 Å². The largest absolute Gasteiger partial charge is 0.378 e. The molecule has 9 heteroatoms. The van der Waals surface area contributed by atoms with Gasteiger partial charge in [-0.2, -0.15) is 5.26 Å². The van der Waals surface area contributed by atoms with Crippen LogP contribution in [0.15, 0.2) is 42.5 Å². The molecule has 1 unspecified atom stereocenters. The third-order valence-corrected chi connectivity index (χ3v) is 5.63. The normalized spacial score (nSPS) is 14.5. The van der Waals surface area contributed by atoms with Gasteiger partial charge in [-0.05, 0) is 56.4 Å². The summed E-state index contributed by atoms with van der Waals surface area (Å²) in [5, 5.41) is 14.8. The number of hydrogen-bond acceptors (Lipinski definition) is 6. The molecule has 1 fully saturated rings. The summed E-state index contributed by atoms with van der Waals surface area (Å²) in [4.78, 5) is 28.9. The number of benzene rings is 2. The Morgan fingerprint density at radius 1 is 1.16 bits per heavy atom. The van der Waals surface area contributed by atoms with E-state index in [-0.39, 0.29) is 23.4 Å². The number of halogens is 1. The van der Waals surface area contributed by atoms with Crippen molar-refractivity contribution >= 4 is 40.5 Å². The second-order valence-corrected chi connectivity index (χ2v) is 7.99. The Bertz CT molecular complexity index is 1000. The van der Waals surface area contributed by atoms with Crippen molar-refractivity contribution in [2.45, 2.75) is 13.0 Å². The number of hydrogen-bond donors (Lipinski definition) is 2.